The van der Waals surface area contributed by atoms with E-state index in [-0.39, 0.29) is 11.3 Å². The van der Waals surface area contributed by atoms with Gasteiger partial charge in [0.25, 0.3) is 11.5 Å². The Morgan fingerprint density at radius 2 is 1.83 bits per heavy atom. The zero-order chi connectivity index (χ0) is 16.4. The molecular formula is C16H15N3O4. The van der Waals surface area contributed by atoms with E-state index in [0.29, 0.717) is 18.5 Å². The molecule has 1 saturated carbocycles. The zero-order valence-electron chi connectivity index (χ0n) is 12.2. The number of amides is 1. The predicted octanol–water partition coefficient (Wildman–Crippen LogP) is 0.970. The van der Waals surface area contributed by atoms with E-state index < -0.39 is 17.4 Å². The number of aromatic nitrogens is 2. The molecule has 3 rings (SSSR count). The lowest BCUT2D eigenvalue weighted by Crippen LogP contribution is -2.59. The summed E-state index contributed by atoms with van der Waals surface area (Å²) in [6.07, 6.45) is 1.54. The van der Waals surface area contributed by atoms with E-state index in [1.807, 2.05) is 0 Å². The lowest BCUT2D eigenvalue weighted by atomic mass is 9.76. The van der Waals surface area contributed by atoms with Crippen LogP contribution < -0.4 is 10.9 Å². The van der Waals surface area contributed by atoms with Crippen LogP contribution in [0.15, 0.2) is 47.3 Å². The molecule has 1 aromatic carbocycles. The SMILES string of the molecule is O=C(NC1(C(=O)O)CCC1)c1ccc(=O)n(-c2ccccc2)n1. The summed E-state index contributed by atoms with van der Waals surface area (Å²) < 4.78 is 1.11. The van der Waals surface area contributed by atoms with Crippen molar-refractivity contribution in [2.75, 3.05) is 0 Å². The summed E-state index contributed by atoms with van der Waals surface area (Å²) in [5.41, 5.74) is -1.05. The minimum Gasteiger partial charge on any atom is -0.480 e. The van der Waals surface area contributed by atoms with Gasteiger partial charge in [-0.1, -0.05) is 18.2 Å². The Kier molecular flexibility index (Phi) is 3.69. The van der Waals surface area contributed by atoms with Crippen molar-refractivity contribution in [2.24, 2.45) is 0 Å². The van der Waals surface area contributed by atoms with Crippen molar-refractivity contribution in [3.63, 3.8) is 0 Å². The van der Waals surface area contributed by atoms with Crippen LogP contribution in [0.3, 0.4) is 0 Å². The van der Waals surface area contributed by atoms with E-state index >= 15 is 0 Å². The summed E-state index contributed by atoms with van der Waals surface area (Å²) in [6.45, 7) is 0. The van der Waals surface area contributed by atoms with Gasteiger partial charge >= 0.3 is 5.97 Å². The molecule has 0 atom stereocenters. The van der Waals surface area contributed by atoms with Crippen LogP contribution in [0.5, 0.6) is 0 Å². The number of nitrogens with zero attached hydrogens (tertiary/aromatic N) is 2. The first kappa shape index (κ1) is 15.0. The highest BCUT2D eigenvalue weighted by atomic mass is 16.4. The first-order valence-corrected chi connectivity index (χ1v) is 7.24. The van der Waals surface area contributed by atoms with Crippen LogP contribution in [-0.4, -0.2) is 32.3 Å². The fourth-order valence-electron chi connectivity index (χ4n) is 2.49. The van der Waals surface area contributed by atoms with Gasteiger partial charge in [-0.15, -0.1) is 0 Å². The lowest BCUT2D eigenvalue weighted by Gasteiger charge is -2.38. The minimum atomic E-state index is -1.22. The van der Waals surface area contributed by atoms with Gasteiger partial charge in [-0.25, -0.2) is 4.79 Å². The molecule has 1 fully saturated rings. The Morgan fingerprint density at radius 1 is 1.13 bits per heavy atom. The Labute approximate surface area is 131 Å². The summed E-state index contributed by atoms with van der Waals surface area (Å²) in [5, 5.41) is 15.8. The molecule has 7 nitrogen and oxygen atoms in total. The van der Waals surface area contributed by atoms with Gasteiger partial charge in [0.05, 0.1) is 5.69 Å². The molecule has 7 heteroatoms. The summed E-state index contributed by atoms with van der Waals surface area (Å²) in [6, 6.07) is 11.2. The van der Waals surface area contributed by atoms with Gasteiger partial charge in [-0.3, -0.25) is 9.59 Å². The molecule has 1 heterocycles. The van der Waals surface area contributed by atoms with Crippen molar-refractivity contribution >= 4 is 11.9 Å². The Hall–Kier alpha value is -2.96. The molecule has 2 N–H and O–H groups in total. The smallest absolute Gasteiger partial charge is 0.329 e. The normalized spacial score (nSPS) is 15.5. The maximum Gasteiger partial charge on any atom is 0.329 e. The van der Waals surface area contributed by atoms with Crippen molar-refractivity contribution in [2.45, 2.75) is 24.8 Å². The molecule has 0 radical (unpaired) electrons. The number of aliphatic carboxylic acids is 1. The van der Waals surface area contributed by atoms with Gasteiger partial charge in [0.1, 0.15) is 11.2 Å². The molecule has 2 aromatic rings. The fraction of sp³-hybridized carbons (Fsp3) is 0.250. The molecule has 0 aliphatic heterocycles. The van der Waals surface area contributed by atoms with Crippen molar-refractivity contribution < 1.29 is 14.7 Å². The maximum atomic E-state index is 12.3. The monoisotopic (exact) mass is 313 g/mol. The topological polar surface area (TPSA) is 101 Å². The van der Waals surface area contributed by atoms with E-state index in [1.165, 1.54) is 12.1 Å². The van der Waals surface area contributed by atoms with Gasteiger partial charge in [-0.2, -0.15) is 9.78 Å². The number of carbonyl (C=O) groups excluding carboxylic acids is 1. The molecule has 0 unspecified atom stereocenters. The van der Waals surface area contributed by atoms with Crippen LogP contribution in [0.4, 0.5) is 0 Å². The second-order valence-electron chi connectivity index (χ2n) is 5.50. The number of hydrogen-bond acceptors (Lipinski definition) is 4. The highest BCUT2D eigenvalue weighted by Crippen LogP contribution is 2.32. The second-order valence-corrected chi connectivity index (χ2v) is 5.50. The summed E-state index contributed by atoms with van der Waals surface area (Å²) in [7, 11) is 0. The van der Waals surface area contributed by atoms with Gasteiger partial charge < -0.3 is 10.4 Å². The molecule has 1 amide bonds. The fourth-order valence-corrected chi connectivity index (χ4v) is 2.49. The third-order valence-corrected chi connectivity index (χ3v) is 4.00. The van der Waals surface area contributed by atoms with Crippen molar-refractivity contribution in [3.8, 4) is 5.69 Å². The summed E-state index contributed by atoms with van der Waals surface area (Å²) in [4.78, 5) is 35.6. The number of carboxylic acids is 1. The number of carbonyl (C=O) groups is 2. The average molecular weight is 313 g/mol. The Morgan fingerprint density at radius 3 is 2.39 bits per heavy atom. The predicted molar refractivity (Wildman–Crippen MR) is 81.5 cm³/mol. The van der Waals surface area contributed by atoms with Gasteiger partial charge in [0.2, 0.25) is 0 Å². The molecule has 118 valence electrons. The van der Waals surface area contributed by atoms with E-state index in [1.54, 1.807) is 30.3 Å². The average Bonchev–Trinajstić information content (AvgIpc) is 2.51. The molecule has 1 aliphatic rings. The number of nitrogens with one attached hydrogen (secondary N) is 1. The Balaban J connectivity index is 1.91. The van der Waals surface area contributed by atoms with Crippen LogP contribution in [0.25, 0.3) is 5.69 Å². The summed E-state index contributed by atoms with van der Waals surface area (Å²) >= 11 is 0. The molecular weight excluding hydrogens is 298 g/mol. The van der Waals surface area contributed by atoms with Crippen LogP contribution in [0, 0.1) is 0 Å². The summed E-state index contributed by atoms with van der Waals surface area (Å²) in [5.74, 6) is -1.65. The standard InChI is InChI=1S/C16H15N3O4/c20-13-8-7-12(18-19(13)11-5-2-1-3-6-11)14(21)17-16(15(22)23)9-4-10-16/h1-3,5-8H,4,9-10H2,(H,17,21)(H,22,23). The quantitative estimate of drug-likeness (QED) is 0.876. The van der Waals surface area contributed by atoms with E-state index in [9.17, 15) is 19.5 Å². The third-order valence-electron chi connectivity index (χ3n) is 4.00. The molecule has 23 heavy (non-hydrogen) atoms. The van der Waals surface area contributed by atoms with E-state index in [2.05, 4.69) is 10.4 Å². The largest absolute Gasteiger partial charge is 0.480 e. The highest BCUT2D eigenvalue weighted by molar-refractivity contribution is 5.96. The number of rotatable bonds is 4. The highest BCUT2D eigenvalue weighted by Gasteiger charge is 2.46. The van der Waals surface area contributed by atoms with Crippen molar-refractivity contribution in [3.05, 3.63) is 58.5 Å². The Bertz CT molecular complexity index is 810. The van der Waals surface area contributed by atoms with Gasteiger partial charge in [0.15, 0.2) is 0 Å². The molecule has 0 saturated heterocycles. The maximum absolute atomic E-state index is 12.3. The number of hydrogen-bond donors (Lipinski definition) is 2. The van der Waals surface area contributed by atoms with Crippen molar-refractivity contribution in [1.29, 1.82) is 0 Å². The molecule has 0 bridgehead atoms. The first-order valence-electron chi connectivity index (χ1n) is 7.24. The third kappa shape index (κ3) is 2.73. The van der Waals surface area contributed by atoms with Crippen LogP contribution in [0.1, 0.15) is 29.8 Å². The number of benzene rings is 1. The minimum absolute atomic E-state index is 0.000906. The molecule has 1 aromatic heterocycles. The number of carboxylic acid groups (broad SMARTS) is 1. The molecule has 1 aliphatic carbocycles. The van der Waals surface area contributed by atoms with Gasteiger partial charge in [0, 0.05) is 6.07 Å². The molecule has 0 spiro atoms. The van der Waals surface area contributed by atoms with Crippen LogP contribution in [-0.2, 0) is 4.79 Å². The van der Waals surface area contributed by atoms with Crippen LogP contribution >= 0.6 is 0 Å². The second kappa shape index (κ2) is 5.68. The van der Waals surface area contributed by atoms with Gasteiger partial charge in [-0.05, 0) is 37.5 Å². The zero-order valence-corrected chi connectivity index (χ0v) is 12.2. The van der Waals surface area contributed by atoms with E-state index in [4.69, 9.17) is 0 Å². The van der Waals surface area contributed by atoms with E-state index in [0.717, 1.165) is 11.1 Å². The van der Waals surface area contributed by atoms with Crippen LogP contribution in [0.2, 0.25) is 0 Å². The number of para-hydroxylation sites is 1. The lowest BCUT2D eigenvalue weighted by molar-refractivity contribution is -0.148. The van der Waals surface area contributed by atoms with Crippen molar-refractivity contribution in [1.82, 2.24) is 15.1 Å². The first-order chi connectivity index (χ1) is 11.0.